The molecule has 20 heavy (non-hydrogen) atoms. The van der Waals surface area contributed by atoms with Crippen molar-refractivity contribution in [1.82, 2.24) is 0 Å². The number of rotatable bonds is 1. The van der Waals surface area contributed by atoms with E-state index in [-0.39, 0.29) is 11.4 Å². The molecule has 0 aromatic heterocycles. The van der Waals surface area contributed by atoms with Crippen LogP contribution >= 0.6 is 0 Å². The number of carbonyl (C=O) groups is 1. The fourth-order valence-corrected chi connectivity index (χ4v) is 2.52. The predicted molar refractivity (Wildman–Crippen MR) is 79.9 cm³/mol. The zero-order valence-corrected chi connectivity index (χ0v) is 11.6. The van der Waals surface area contributed by atoms with Crippen molar-refractivity contribution in [3.8, 4) is 0 Å². The monoisotopic (exact) mass is 264 g/mol. The fourth-order valence-electron chi connectivity index (χ4n) is 2.52. The Hall–Kier alpha value is -2.35. The lowest BCUT2D eigenvalue weighted by molar-refractivity contribution is -0.111. The predicted octanol–water partition coefficient (Wildman–Crippen LogP) is 3.91. The Bertz CT molecular complexity index is 685. The molecule has 0 N–H and O–H groups in total. The van der Waals surface area contributed by atoms with Crippen molar-refractivity contribution in [3.63, 3.8) is 0 Å². The quantitative estimate of drug-likeness (QED) is 0.719. The number of ether oxygens (including phenoxy) is 1. The third-order valence-electron chi connectivity index (χ3n) is 3.54. The molecule has 2 aliphatic rings. The summed E-state index contributed by atoms with van der Waals surface area (Å²) in [5.74, 6) is 0.837. The summed E-state index contributed by atoms with van der Waals surface area (Å²) >= 11 is 0. The smallest absolute Gasteiger partial charge is 0.185 e. The molecule has 0 amide bonds. The van der Waals surface area contributed by atoms with Crippen LogP contribution in [0, 0.1) is 0 Å². The number of allylic oxidation sites excluding steroid dienone is 7. The maximum Gasteiger partial charge on any atom is 0.185 e. The van der Waals surface area contributed by atoms with E-state index in [1.165, 1.54) is 5.56 Å². The summed E-state index contributed by atoms with van der Waals surface area (Å²) in [5, 5.41) is 0. The van der Waals surface area contributed by atoms with Crippen LogP contribution in [-0.4, -0.2) is 5.78 Å². The van der Waals surface area contributed by atoms with Crippen molar-refractivity contribution in [1.29, 1.82) is 0 Å². The molecule has 1 aromatic carbocycles. The van der Waals surface area contributed by atoms with Gasteiger partial charge in [-0.3, -0.25) is 4.79 Å². The molecule has 3 rings (SSSR count). The molecule has 100 valence electrons. The number of fused-ring (bicyclic) bond motifs is 1. The molecule has 0 fully saturated rings. The van der Waals surface area contributed by atoms with E-state index in [0.717, 1.165) is 11.3 Å². The Morgan fingerprint density at radius 3 is 2.60 bits per heavy atom. The van der Waals surface area contributed by atoms with Crippen LogP contribution in [0.3, 0.4) is 0 Å². The van der Waals surface area contributed by atoms with Crippen molar-refractivity contribution in [3.05, 3.63) is 77.4 Å². The highest BCUT2D eigenvalue weighted by molar-refractivity contribution is 6.07. The molecule has 1 aliphatic heterocycles. The van der Waals surface area contributed by atoms with Gasteiger partial charge in [0.15, 0.2) is 5.78 Å². The van der Waals surface area contributed by atoms with Crippen molar-refractivity contribution >= 4 is 11.5 Å². The summed E-state index contributed by atoms with van der Waals surface area (Å²) in [5.41, 5.74) is 2.62. The molecule has 0 unspecified atom stereocenters. The Balaban J connectivity index is 1.99. The minimum absolute atomic E-state index is 0.0230. The normalized spacial score (nSPS) is 23.2. The van der Waals surface area contributed by atoms with E-state index in [2.05, 4.69) is 6.07 Å². The van der Waals surface area contributed by atoms with Gasteiger partial charge in [-0.25, -0.2) is 0 Å². The minimum atomic E-state index is -0.326. The van der Waals surface area contributed by atoms with Gasteiger partial charge in [0.05, 0.1) is 0 Å². The SMILES string of the molecule is CC1(C)O/C(=C/C=C2/C=CC=CC2=O)c2ccccc21. The first kappa shape index (κ1) is 12.7. The van der Waals surface area contributed by atoms with Gasteiger partial charge >= 0.3 is 0 Å². The van der Waals surface area contributed by atoms with Crippen LogP contribution in [0.2, 0.25) is 0 Å². The first-order valence-corrected chi connectivity index (χ1v) is 6.68. The van der Waals surface area contributed by atoms with Gasteiger partial charge in [-0.15, -0.1) is 0 Å². The average molecular weight is 264 g/mol. The van der Waals surface area contributed by atoms with Gasteiger partial charge in [-0.2, -0.15) is 0 Å². The highest BCUT2D eigenvalue weighted by Gasteiger charge is 2.34. The van der Waals surface area contributed by atoms with Crippen molar-refractivity contribution in [2.45, 2.75) is 19.4 Å². The number of carbonyl (C=O) groups excluding carboxylic acids is 1. The Kier molecular flexibility index (Phi) is 2.94. The average Bonchev–Trinajstić information content (AvgIpc) is 2.70. The van der Waals surface area contributed by atoms with E-state index in [0.29, 0.717) is 5.57 Å². The third kappa shape index (κ3) is 2.14. The zero-order valence-electron chi connectivity index (χ0n) is 11.6. The summed E-state index contributed by atoms with van der Waals surface area (Å²) < 4.78 is 6.01. The lowest BCUT2D eigenvalue weighted by Gasteiger charge is -2.18. The maximum absolute atomic E-state index is 11.7. The molecule has 2 heteroatoms. The van der Waals surface area contributed by atoms with E-state index >= 15 is 0 Å². The van der Waals surface area contributed by atoms with Crippen molar-refractivity contribution in [2.75, 3.05) is 0 Å². The minimum Gasteiger partial charge on any atom is -0.483 e. The van der Waals surface area contributed by atoms with E-state index in [4.69, 9.17) is 4.74 Å². The highest BCUT2D eigenvalue weighted by Crippen LogP contribution is 2.42. The summed E-state index contributed by atoms with van der Waals surface area (Å²) in [6, 6.07) is 8.15. The van der Waals surface area contributed by atoms with E-state index in [1.54, 1.807) is 12.2 Å². The van der Waals surface area contributed by atoms with Crippen LogP contribution in [-0.2, 0) is 15.1 Å². The summed E-state index contributed by atoms with van der Waals surface area (Å²) in [7, 11) is 0. The molecule has 1 heterocycles. The summed E-state index contributed by atoms with van der Waals surface area (Å²) in [4.78, 5) is 11.7. The fraction of sp³-hybridized carbons (Fsp3) is 0.167. The van der Waals surface area contributed by atoms with Gasteiger partial charge in [0, 0.05) is 16.7 Å². The van der Waals surface area contributed by atoms with Crippen LogP contribution in [0.25, 0.3) is 5.76 Å². The second kappa shape index (κ2) is 4.64. The molecule has 2 nitrogen and oxygen atoms in total. The summed E-state index contributed by atoms with van der Waals surface area (Å²) in [6.07, 6.45) is 10.7. The van der Waals surface area contributed by atoms with E-state index in [1.807, 2.05) is 56.4 Å². The van der Waals surface area contributed by atoms with Gasteiger partial charge in [0.2, 0.25) is 0 Å². The topological polar surface area (TPSA) is 26.3 Å². The Morgan fingerprint density at radius 2 is 1.80 bits per heavy atom. The molecular weight excluding hydrogens is 248 g/mol. The lowest BCUT2D eigenvalue weighted by Crippen LogP contribution is -2.14. The Labute approximate surface area is 118 Å². The van der Waals surface area contributed by atoms with Crippen LogP contribution in [0.1, 0.15) is 25.0 Å². The lowest BCUT2D eigenvalue weighted by atomic mass is 9.95. The number of benzene rings is 1. The van der Waals surface area contributed by atoms with Gasteiger partial charge < -0.3 is 4.74 Å². The molecule has 0 saturated carbocycles. The Morgan fingerprint density at radius 1 is 1.05 bits per heavy atom. The van der Waals surface area contributed by atoms with Crippen LogP contribution in [0.4, 0.5) is 0 Å². The second-order valence-electron chi connectivity index (χ2n) is 5.39. The molecule has 0 saturated heterocycles. The van der Waals surface area contributed by atoms with Crippen molar-refractivity contribution < 1.29 is 9.53 Å². The standard InChI is InChI=1S/C18H16O2/c1-18(2)15-9-5-4-8-14(15)17(20-18)12-11-13-7-3-6-10-16(13)19/h3-12H,1-2H3/b13-11-,17-12+. The third-order valence-corrected chi connectivity index (χ3v) is 3.54. The molecule has 0 atom stereocenters. The first-order chi connectivity index (χ1) is 9.58. The van der Waals surface area contributed by atoms with Crippen LogP contribution < -0.4 is 0 Å². The van der Waals surface area contributed by atoms with Gasteiger partial charge in [-0.05, 0) is 32.1 Å². The maximum atomic E-state index is 11.7. The van der Waals surface area contributed by atoms with E-state index < -0.39 is 0 Å². The number of hydrogen-bond acceptors (Lipinski definition) is 2. The van der Waals surface area contributed by atoms with Crippen LogP contribution in [0.15, 0.2) is 66.3 Å². The molecule has 1 aromatic rings. The largest absolute Gasteiger partial charge is 0.483 e. The molecular formula is C18H16O2. The molecule has 0 spiro atoms. The van der Waals surface area contributed by atoms with Crippen LogP contribution in [0.5, 0.6) is 0 Å². The first-order valence-electron chi connectivity index (χ1n) is 6.68. The number of ketones is 1. The van der Waals surface area contributed by atoms with Gasteiger partial charge in [0.1, 0.15) is 11.4 Å². The molecule has 1 aliphatic carbocycles. The second-order valence-corrected chi connectivity index (χ2v) is 5.39. The summed E-state index contributed by atoms with van der Waals surface area (Å²) in [6.45, 7) is 4.10. The molecule has 0 bridgehead atoms. The van der Waals surface area contributed by atoms with E-state index in [9.17, 15) is 4.79 Å². The highest BCUT2D eigenvalue weighted by atomic mass is 16.5. The zero-order chi connectivity index (χ0) is 14.2. The van der Waals surface area contributed by atoms with Gasteiger partial charge in [0.25, 0.3) is 0 Å². The van der Waals surface area contributed by atoms with Gasteiger partial charge in [-0.1, -0.05) is 42.5 Å². The molecule has 0 radical (unpaired) electrons. The van der Waals surface area contributed by atoms with Crippen molar-refractivity contribution in [2.24, 2.45) is 0 Å². The number of hydrogen-bond donors (Lipinski definition) is 0.